The molecule has 4 rings (SSSR count). The molecule has 0 amide bonds. The van der Waals surface area contributed by atoms with Crippen LogP contribution in [-0.4, -0.2) is 65.3 Å². The van der Waals surface area contributed by atoms with Gasteiger partial charge in [0, 0.05) is 36.7 Å². The molecule has 0 fully saturated rings. The Labute approximate surface area is 245 Å². The number of nitrogens with zero attached hydrogens (tertiary/aromatic N) is 2. The van der Waals surface area contributed by atoms with Gasteiger partial charge in [0.25, 0.3) is 0 Å². The predicted octanol–water partition coefficient (Wildman–Crippen LogP) is 6.34. The fourth-order valence-electron chi connectivity index (χ4n) is 3.73. The third kappa shape index (κ3) is 7.85. The molecule has 10 heteroatoms. The number of aliphatic imine (C=N–C) groups is 2. The summed E-state index contributed by atoms with van der Waals surface area (Å²) < 4.78 is 31.7. The Bertz CT molecular complexity index is 1370. The number of phenols is 2. The number of ether oxygens (including phenoxy) is 6. The molecule has 42 heavy (non-hydrogen) atoms. The van der Waals surface area contributed by atoms with Gasteiger partial charge in [-0.2, -0.15) is 0 Å². The summed E-state index contributed by atoms with van der Waals surface area (Å²) in [4.78, 5) is 8.55. The number of para-hydroxylation sites is 4. The lowest BCUT2D eigenvalue weighted by atomic mass is 10.1. The van der Waals surface area contributed by atoms with E-state index in [1.165, 1.54) is 0 Å². The molecule has 0 saturated heterocycles. The van der Waals surface area contributed by atoms with Crippen molar-refractivity contribution in [3.05, 3.63) is 83.9 Å². The normalized spacial score (nSPS) is 10.6. The Morgan fingerprint density at radius 3 is 1.05 bits per heavy atom. The van der Waals surface area contributed by atoms with E-state index in [1.54, 1.807) is 128 Å². The lowest BCUT2D eigenvalue weighted by molar-refractivity contribution is 0.374. The van der Waals surface area contributed by atoms with Crippen LogP contribution in [0.1, 0.15) is 11.1 Å². The van der Waals surface area contributed by atoms with Crippen LogP contribution in [-0.2, 0) is 0 Å². The molecule has 0 aliphatic carbocycles. The van der Waals surface area contributed by atoms with E-state index in [4.69, 9.17) is 28.4 Å². The van der Waals surface area contributed by atoms with E-state index >= 15 is 0 Å². The second-order valence-electron chi connectivity index (χ2n) is 8.39. The van der Waals surface area contributed by atoms with E-state index in [0.29, 0.717) is 57.0 Å². The van der Waals surface area contributed by atoms with Gasteiger partial charge in [0.1, 0.15) is 57.4 Å². The maximum atomic E-state index is 9.73. The van der Waals surface area contributed by atoms with Crippen molar-refractivity contribution in [2.24, 2.45) is 9.98 Å². The zero-order chi connectivity index (χ0) is 30.5. The number of phenolic OH excluding ortho intramolecular Hbond substituents is 2. The molecular weight excluding hydrogens is 540 g/mol. The van der Waals surface area contributed by atoms with Crippen molar-refractivity contribution in [1.82, 2.24) is 0 Å². The van der Waals surface area contributed by atoms with Crippen LogP contribution < -0.4 is 28.4 Å². The largest absolute Gasteiger partial charge is 0.506 e. The number of rotatable bonds is 10. The van der Waals surface area contributed by atoms with Crippen molar-refractivity contribution in [1.29, 1.82) is 0 Å². The minimum Gasteiger partial charge on any atom is -0.506 e. The van der Waals surface area contributed by atoms with E-state index < -0.39 is 0 Å². The minimum atomic E-state index is 0.111. The van der Waals surface area contributed by atoms with E-state index in [1.807, 2.05) is 0 Å². The van der Waals surface area contributed by atoms with Gasteiger partial charge in [-0.1, -0.05) is 24.3 Å². The molecule has 220 valence electrons. The third-order valence-corrected chi connectivity index (χ3v) is 5.94. The van der Waals surface area contributed by atoms with Crippen molar-refractivity contribution in [2.45, 2.75) is 0 Å². The zero-order valence-electron chi connectivity index (χ0n) is 24.3. The summed E-state index contributed by atoms with van der Waals surface area (Å²) in [7, 11) is 9.39. The van der Waals surface area contributed by atoms with Crippen molar-refractivity contribution in [3.63, 3.8) is 0 Å². The van der Waals surface area contributed by atoms with Crippen molar-refractivity contribution < 1.29 is 38.6 Å². The highest BCUT2D eigenvalue weighted by Crippen LogP contribution is 2.35. The lowest BCUT2D eigenvalue weighted by Gasteiger charge is -2.12. The molecule has 4 aromatic carbocycles. The molecule has 0 aliphatic heterocycles. The number of benzene rings is 4. The van der Waals surface area contributed by atoms with Crippen LogP contribution in [0.25, 0.3) is 0 Å². The van der Waals surface area contributed by atoms with Gasteiger partial charge in [0.15, 0.2) is 0 Å². The minimum absolute atomic E-state index is 0.111. The van der Waals surface area contributed by atoms with Crippen LogP contribution in [0.15, 0.2) is 82.8 Å². The van der Waals surface area contributed by atoms with Gasteiger partial charge >= 0.3 is 0 Å². The quantitative estimate of drug-likeness (QED) is 0.211. The molecule has 0 radical (unpaired) electrons. The van der Waals surface area contributed by atoms with Gasteiger partial charge in [0.05, 0.1) is 53.8 Å². The van der Waals surface area contributed by atoms with Crippen LogP contribution in [0, 0.1) is 0 Å². The molecule has 0 bridgehead atoms. The first kappa shape index (κ1) is 31.2. The van der Waals surface area contributed by atoms with Crippen LogP contribution in [0.5, 0.6) is 46.0 Å². The Kier molecular flexibility index (Phi) is 11.4. The number of methoxy groups -OCH3 is 6. The lowest BCUT2D eigenvalue weighted by Crippen LogP contribution is -1.97. The molecule has 0 saturated carbocycles. The van der Waals surface area contributed by atoms with E-state index in [-0.39, 0.29) is 11.5 Å². The first-order valence-electron chi connectivity index (χ1n) is 12.6. The van der Waals surface area contributed by atoms with E-state index in [9.17, 15) is 10.2 Å². The third-order valence-electron chi connectivity index (χ3n) is 5.94. The average molecular weight is 575 g/mol. The zero-order valence-corrected chi connectivity index (χ0v) is 24.3. The van der Waals surface area contributed by atoms with Gasteiger partial charge in [-0.05, 0) is 24.3 Å². The summed E-state index contributed by atoms with van der Waals surface area (Å²) >= 11 is 0. The second kappa shape index (κ2) is 15.4. The Morgan fingerprint density at radius 1 is 0.476 bits per heavy atom. The van der Waals surface area contributed by atoms with Gasteiger partial charge in [0.2, 0.25) is 0 Å². The molecule has 0 aromatic heterocycles. The number of hydrogen-bond donors (Lipinski definition) is 2. The molecule has 0 unspecified atom stereocenters. The van der Waals surface area contributed by atoms with Gasteiger partial charge in [-0.15, -0.1) is 0 Å². The van der Waals surface area contributed by atoms with Gasteiger partial charge in [-0.25, -0.2) is 0 Å². The van der Waals surface area contributed by atoms with Gasteiger partial charge in [-0.3, -0.25) is 9.98 Å². The van der Waals surface area contributed by atoms with Crippen LogP contribution in [0.3, 0.4) is 0 Å². The van der Waals surface area contributed by atoms with Crippen LogP contribution in [0.2, 0.25) is 0 Å². The molecule has 0 spiro atoms. The highest BCUT2D eigenvalue weighted by molar-refractivity contribution is 5.91. The summed E-state index contributed by atoms with van der Waals surface area (Å²) in [5.74, 6) is 3.78. The fourth-order valence-corrected chi connectivity index (χ4v) is 3.73. The van der Waals surface area contributed by atoms with Crippen LogP contribution >= 0.6 is 0 Å². The molecular formula is C32H34N2O8. The number of hydrogen-bond acceptors (Lipinski definition) is 10. The first-order chi connectivity index (χ1) is 20.4. The SMILES string of the molecule is COc1cc(OC)c(C=Nc2ccccc2O)c(OC)c1.COc1cc(OC)c(C=Nc2ccccc2O)c(OC)c1. The Balaban J connectivity index is 0.000000230. The number of aromatic hydroxyl groups is 2. The van der Waals surface area contributed by atoms with E-state index in [2.05, 4.69) is 9.98 Å². The summed E-state index contributed by atoms with van der Waals surface area (Å²) in [6, 6.07) is 20.6. The monoisotopic (exact) mass is 574 g/mol. The maximum Gasteiger partial charge on any atom is 0.141 e. The van der Waals surface area contributed by atoms with Crippen LogP contribution in [0.4, 0.5) is 11.4 Å². The smallest absolute Gasteiger partial charge is 0.141 e. The van der Waals surface area contributed by atoms with Gasteiger partial charge < -0.3 is 38.6 Å². The topological polar surface area (TPSA) is 121 Å². The highest BCUT2D eigenvalue weighted by Gasteiger charge is 2.13. The molecule has 10 nitrogen and oxygen atoms in total. The maximum absolute atomic E-state index is 9.73. The summed E-state index contributed by atoms with van der Waals surface area (Å²) in [5, 5.41) is 19.5. The Hall–Kier alpha value is -5.38. The second-order valence-corrected chi connectivity index (χ2v) is 8.39. The molecule has 0 aliphatic rings. The van der Waals surface area contributed by atoms with E-state index in [0.717, 1.165) is 0 Å². The predicted molar refractivity (Wildman–Crippen MR) is 163 cm³/mol. The standard InChI is InChI=1S/2C16H17NO4/c2*1-19-11-8-15(20-2)12(16(9-11)21-3)10-17-13-6-4-5-7-14(13)18/h2*4-10,18H,1-3H3. The summed E-state index contributed by atoms with van der Waals surface area (Å²) in [5.41, 5.74) is 2.28. The average Bonchev–Trinajstić information content (AvgIpc) is 3.03. The molecule has 0 heterocycles. The van der Waals surface area contributed by atoms with Crippen molar-refractivity contribution in [3.8, 4) is 46.0 Å². The Morgan fingerprint density at radius 2 is 0.786 bits per heavy atom. The molecule has 4 aromatic rings. The molecule has 0 atom stereocenters. The molecule has 2 N–H and O–H groups in total. The first-order valence-corrected chi connectivity index (χ1v) is 12.6. The van der Waals surface area contributed by atoms with Crippen molar-refractivity contribution in [2.75, 3.05) is 42.7 Å². The summed E-state index contributed by atoms with van der Waals surface area (Å²) in [6.45, 7) is 0. The summed E-state index contributed by atoms with van der Waals surface area (Å²) in [6.07, 6.45) is 3.18. The van der Waals surface area contributed by atoms with Crippen molar-refractivity contribution >= 4 is 23.8 Å². The highest BCUT2D eigenvalue weighted by atomic mass is 16.5. The fraction of sp³-hybridized carbons (Fsp3) is 0.188.